The third-order valence-electron chi connectivity index (χ3n) is 3.71. The summed E-state index contributed by atoms with van der Waals surface area (Å²) in [6, 6.07) is 10.5. The summed E-state index contributed by atoms with van der Waals surface area (Å²) in [5.41, 5.74) is 1.24. The molecule has 1 unspecified atom stereocenters. The first-order valence-electron chi connectivity index (χ1n) is 7.07. The molecule has 24 heavy (non-hydrogen) atoms. The van der Waals surface area contributed by atoms with E-state index >= 15 is 0 Å². The molecule has 1 heterocycles. The lowest BCUT2D eigenvalue weighted by Gasteiger charge is -2.23. The Morgan fingerprint density at radius 3 is 2.54 bits per heavy atom. The van der Waals surface area contributed by atoms with Crippen molar-refractivity contribution < 1.29 is 19.1 Å². The first kappa shape index (κ1) is 16.3. The SMILES string of the molecule is COc1ccc(C2Oc3ccc(Br)cc3C=C2[N+](=O)[O-])cc1OC. The molecule has 0 fully saturated rings. The van der Waals surface area contributed by atoms with Crippen LogP contribution in [0.4, 0.5) is 0 Å². The lowest BCUT2D eigenvalue weighted by molar-refractivity contribution is -0.434. The second kappa shape index (κ2) is 6.52. The summed E-state index contributed by atoms with van der Waals surface area (Å²) in [5.74, 6) is 1.62. The molecule has 2 aromatic rings. The van der Waals surface area contributed by atoms with Gasteiger partial charge in [0.15, 0.2) is 11.5 Å². The molecule has 2 aromatic carbocycles. The van der Waals surface area contributed by atoms with E-state index < -0.39 is 11.0 Å². The Hall–Kier alpha value is -2.54. The van der Waals surface area contributed by atoms with Crippen LogP contribution >= 0.6 is 15.9 Å². The predicted molar refractivity (Wildman–Crippen MR) is 92.0 cm³/mol. The van der Waals surface area contributed by atoms with Gasteiger partial charge < -0.3 is 14.2 Å². The van der Waals surface area contributed by atoms with Crippen molar-refractivity contribution >= 4 is 22.0 Å². The van der Waals surface area contributed by atoms with Crippen LogP contribution in [0.25, 0.3) is 6.08 Å². The maximum atomic E-state index is 11.5. The molecule has 1 aliphatic heterocycles. The quantitative estimate of drug-likeness (QED) is 0.576. The van der Waals surface area contributed by atoms with Gasteiger partial charge in [-0.05, 0) is 30.3 Å². The first-order chi connectivity index (χ1) is 11.5. The molecule has 0 aromatic heterocycles. The minimum Gasteiger partial charge on any atom is -0.493 e. The number of halogens is 1. The standard InChI is InChI=1S/C17H14BrNO5/c1-22-15-5-3-10(9-16(15)23-2)17-13(19(20)21)8-11-7-12(18)4-6-14(11)24-17/h3-9,17H,1-2H3. The zero-order chi connectivity index (χ0) is 17.3. The minimum atomic E-state index is -0.825. The van der Waals surface area contributed by atoms with E-state index in [-0.39, 0.29) is 5.70 Å². The van der Waals surface area contributed by atoms with E-state index in [0.29, 0.717) is 28.4 Å². The molecule has 0 spiro atoms. The highest BCUT2D eigenvalue weighted by Gasteiger charge is 2.33. The maximum Gasteiger partial charge on any atom is 0.291 e. The zero-order valence-electron chi connectivity index (χ0n) is 13.0. The Morgan fingerprint density at radius 2 is 1.88 bits per heavy atom. The number of methoxy groups -OCH3 is 2. The van der Waals surface area contributed by atoms with Gasteiger partial charge in [0.2, 0.25) is 6.10 Å². The smallest absolute Gasteiger partial charge is 0.291 e. The molecule has 7 heteroatoms. The molecule has 0 radical (unpaired) electrons. The Labute approximate surface area is 146 Å². The molecule has 0 N–H and O–H groups in total. The third-order valence-corrected chi connectivity index (χ3v) is 4.20. The van der Waals surface area contributed by atoms with Gasteiger partial charge in [-0.2, -0.15) is 0 Å². The summed E-state index contributed by atoms with van der Waals surface area (Å²) >= 11 is 3.36. The minimum absolute atomic E-state index is 0.0344. The van der Waals surface area contributed by atoms with Crippen molar-refractivity contribution in [2.24, 2.45) is 0 Å². The van der Waals surface area contributed by atoms with Crippen LogP contribution in [0, 0.1) is 10.1 Å². The van der Waals surface area contributed by atoms with E-state index in [0.717, 1.165) is 4.47 Å². The molecule has 1 atom stereocenters. The summed E-state index contributed by atoms with van der Waals surface area (Å²) in [4.78, 5) is 11.1. The maximum absolute atomic E-state index is 11.5. The van der Waals surface area contributed by atoms with Gasteiger partial charge in [0.1, 0.15) is 5.75 Å². The van der Waals surface area contributed by atoms with Crippen LogP contribution in [-0.4, -0.2) is 19.1 Å². The van der Waals surface area contributed by atoms with Crippen molar-refractivity contribution in [2.75, 3.05) is 14.2 Å². The average molecular weight is 392 g/mol. The van der Waals surface area contributed by atoms with Crippen LogP contribution in [-0.2, 0) is 0 Å². The Kier molecular flexibility index (Phi) is 4.44. The van der Waals surface area contributed by atoms with Crippen molar-refractivity contribution in [1.82, 2.24) is 0 Å². The van der Waals surface area contributed by atoms with E-state index in [1.54, 1.807) is 30.3 Å². The molecule has 6 nitrogen and oxygen atoms in total. The fraction of sp³-hybridized carbons (Fsp3) is 0.176. The molecule has 3 rings (SSSR count). The van der Waals surface area contributed by atoms with Crippen LogP contribution in [0.15, 0.2) is 46.6 Å². The van der Waals surface area contributed by atoms with E-state index in [1.807, 2.05) is 6.07 Å². The number of fused-ring (bicyclic) bond motifs is 1. The van der Waals surface area contributed by atoms with Gasteiger partial charge in [0.25, 0.3) is 5.70 Å². The second-order valence-corrected chi connectivity index (χ2v) is 6.04. The topological polar surface area (TPSA) is 70.8 Å². The summed E-state index contributed by atoms with van der Waals surface area (Å²) in [5, 5.41) is 11.5. The van der Waals surface area contributed by atoms with E-state index in [1.165, 1.54) is 20.3 Å². The summed E-state index contributed by atoms with van der Waals surface area (Å²) in [6.45, 7) is 0. The van der Waals surface area contributed by atoms with Crippen molar-refractivity contribution in [3.63, 3.8) is 0 Å². The van der Waals surface area contributed by atoms with Gasteiger partial charge >= 0.3 is 0 Å². The van der Waals surface area contributed by atoms with Gasteiger partial charge in [-0.3, -0.25) is 10.1 Å². The summed E-state index contributed by atoms with van der Waals surface area (Å²) < 4.78 is 17.2. The van der Waals surface area contributed by atoms with Gasteiger partial charge in [-0.25, -0.2) is 0 Å². The van der Waals surface area contributed by atoms with Gasteiger partial charge in [0, 0.05) is 21.7 Å². The normalized spacial score (nSPS) is 15.8. The van der Waals surface area contributed by atoms with Crippen molar-refractivity contribution in [1.29, 1.82) is 0 Å². The lowest BCUT2D eigenvalue weighted by Crippen LogP contribution is -2.19. The highest BCUT2D eigenvalue weighted by molar-refractivity contribution is 9.10. The monoisotopic (exact) mass is 391 g/mol. The molecule has 0 saturated heterocycles. The van der Waals surface area contributed by atoms with Crippen LogP contribution in [0.5, 0.6) is 17.2 Å². The summed E-state index contributed by atoms with van der Waals surface area (Å²) in [6.07, 6.45) is 0.707. The average Bonchev–Trinajstić information content (AvgIpc) is 2.59. The third kappa shape index (κ3) is 2.94. The van der Waals surface area contributed by atoms with E-state index in [4.69, 9.17) is 14.2 Å². The lowest BCUT2D eigenvalue weighted by atomic mass is 10.0. The van der Waals surface area contributed by atoms with Gasteiger partial charge in [-0.1, -0.05) is 22.0 Å². The Balaban J connectivity index is 2.08. The number of hydrogen-bond acceptors (Lipinski definition) is 5. The van der Waals surface area contributed by atoms with E-state index in [2.05, 4.69) is 15.9 Å². The first-order valence-corrected chi connectivity index (χ1v) is 7.87. The predicted octanol–water partition coefficient (Wildman–Crippen LogP) is 4.22. The molecule has 1 aliphatic rings. The van der Waals surface area contributed by atoms with Crippen LogP contribution in [0.3, 0.4) is 0 Å². The van der Waals surface area contributed by atoms with E-state index in [9.17, 15) is 10.1 Å². The molecule has 124 valence electrons. The molecule has 0 saturated carbocycles. The molecule has 0 aliphatic carbocycles. The molecule has 0 bridgehead atoms. The zero-order valence-corrected chi connectivity index (χ0v) is 14.6. The Morgan fingerprint density at radius 1 is 1.12 bits per heavy atom. The fourth-order valence-electron chi connectivity index (χ4n) is 2.56. The number of benzene rings is 2. The van der Waals surface area contributed by atoms with Crippen LogP contribution < -0.4 is 14.2 Å². The second-order valence-electron chi connectivity index (χ2n) is 5.12. The van der Waals surface area contributed by atoms with Gasteiger partial charge in [-0.15, -0.1) is 0 Å². The van der Waals surface area contributed by atoms with Crippen molar-refractivity contribution in [2.45, 2.75) is 6.10 Å². The number of ether oxygens (including phenoxy) is 3. The van der Waals surface area contributed by atoms with Gasteiger partial charge in [0.05, 0.1) is 19.1 Å². The largest absolute Gasteiger partial charge is 0.493 e. The van der Waals surface area contributed by atoms with Crippen LogP contribution in [0.2, 0.25) is 0 Å². The molecular formula is C17H14BrNO5. The highest BCUT2D eigenvalue weighted by atomic mass is 79.9. The van der Waals surface area contributed by atoms with Crippen molar-refractivity contribution in [3.8, 4) is 17.2 Å². The number of nitro groups is 1. The number of nitrogens with zero attached hydrogens (tertiary/aromatic N) is 1. The highest BCUT2D eigenvalue weighted by Crippen LogP contribution is 2.40. The number of hydrogen-bond donors (Lipinski definition) is 0. The Bertz CT molecular complexity index is 834. The van der Waals surface area contributed by atoms with Crippen LogP contribution in [0.1, 0.15) is 17.2 Å². The van der Waals surface area contributed by atoms with Crippen molar-refractivity contribution in [3.05, 3.63) is 67.8 Å². The molecular weight excluding hydrogens is 378 g/mol. The number of rotatable bonds is 4. The fourth-order valence-corrected chi connectivity index (χ4v) is 2.94. The molecule has 0 amide bonds. The summed E-state index contributed by atoms with van der Waals surface area (Å²) in [7, 11) is 3.05.